The Morgan fingerprint density at radius 2 is 1.92 bits per heavy atom. The lowest BCUT2D eigenvalue weighted by molar-refractivity contribution is -0.120. The van der Waals surface area contributed by atoms with Gasteiger partial charge in [-0.25, -0.2) is 0 Å². The molecule has 0 atom stereocenters. The molecule has 1 amide bonds. The number of carbonyl (C=O) groups excluding carboxylic acids is 1. The smallest absolute Gasteiger partial charge is 0.224 e. The molecule has 0 unspecified atom stereocenters. The van der Waals surface area contributed by atoms with Crippen LogP contribution < -0.4 is 14.8 Å². The maximum Gasteiger partial charge on any atom is 0.224 e. The van der Waals surface area contributed by atoms with Crippen molar-refractivity contribution in [1.29, 1.82) is 0 Å². The van der Waals surface area contributed by atoms with E-state index in [9.17, 15) is 4.79 Å². The van der Waals surface area contributed by atoms with Crippen molar-refractivity contribution in [3.63, 3.8) is 0 Å². The molecule has 124 valence electrons. The second-order valence-corrected chi connectivity index (χ2v) is 5.49. The molecule has 1 heterocycles. The van der Waals surface area contributed by atoms with Gasteiger partial charge in [-0.1, -0.05) is 18.2 Å². The lowest BCUT2D eigenvalue weighted by Gasteiger charge is -2.09. The molecule has 3 aromatic rings. The number of hydrogen-bond acceptors (Lipinski definition) is 3. The fourth-order valence-electron chi connectivity index (χ4n) is 2.71. The summed E-state index contributed by atoms with van der Waals surface area (Å²) in [5, 5.41) is 3.94. The minimum Gasteiger partial charge on any atom is -0.497 e. The van der Waals surface area contributed by atoms with Crippen molar-refractivity contribution in [3.05, 3.63) is 59.8 Å². The number of rotatable bonds is 6. The molecule has 5 heteroatoms. The van der Waals surface area contributed by atoms with E-state index in [1.165, 1.54) is 0 Å². The van der Waals surface area contributed by atoms with E-state index in [4.69, 9.17) is 9.47 Å². The molecular formula is C19H20N2O3. The summed E-state index contributed by atoms with van der Waals surface area (Å²) in [5.41, 5.74) is 2.89. The molecule has 0 bridgehead atoms. The fraction of sp³-hybridized carbons (Fsp3) is 0.211. The first kappa shape index (κ1) is 15.9. The summed E-state index contributed by atoms with van der Waals surface area (Å²) in [6.45, 7) is 0.439. The Morgan fingerprint density at radius 3 is 2.71 bits per heavy atom. The number of hydrogen-bond donors (Lipinski definition) is 2. The van der Waals surface area contributed by atoms with Gasteiger partial charge in [0.05, 0.1) is 20.6 Å². The average Bonchev–Trinajstić information content (AvgIpc) is 3.02. The van der Waals surface area contributed by atoms with Crippen LogP contribution in [0.2, 0.25) is 0 Å². The highest BCUT2D eigenvalue weighted by atomic mass is 16.5. The molecule has 0 spiro atoms. The minimum atomic E-state index is -0.0374. The second kappa shape index (κ2) is 7.08. The average molecular weight is 324 g/mol. The number of aromatic amines is 1. The zero-order valence-electron chi connectivity index (χ0n) is 13.8. The van der Waals surface area contributed by atoms with Crippen molar-refractivity contribution in [2.75, 3.05) is 14.2 Å². The van der Waals surface area contributed by atoms with Gasteiger partial charge in [0.1, 0.15) is 11.5 Å². The molecule has 0 saturated heterocycles. The normalized spacial score (nSPS) is 10.6. The van der Waals surface area contributed by atoms with Gasteiger partial charge in [0.15, 0.2) is 0 Å². The molecular weight excluding hydrogens is 304 g/mol. The number of fused-ring (bicyclic) bond motifs is 1. The van der Waals surface area contributed by atoms with Crippen molar-refractivity contribution >= 4 is 16.8 Å². The highest BCUT2D eigenvalue weighted by Gasteiger charge is 2.10. The van der Waals surface area contributed by atoms with E-state index in [0.29, 0.717) is 13.0 Å². The largest absolute Gasteiger partial charge is 0.497 e. The topological polar surface area (TPSA) is 63.4 Å². The van der Waals surface area contributed by atoms with Gasteiger partial charge >= 0.3 is 0 Å². The molecule has 0 aliphatic carbocycles. The Morgan fingerprint density at radius 1 is 1.08 bits per heavy atom. The van der Waals surface area contributed by atoms with Crippen LogP contribution in [0.4, 0.5) is 0 Å². The van der Waals surface area contributed by atoms with Crippen LogP contribution in [-0.2, 0) is 17.8 Å². The van der Waals surface area contributed by atoms with E-state index in [0.717, 1.165) is 33.5 Å². The highest BCUT2D eigenvalue weighted by molar-refractivity contribution is 5.89. The summed E-state index contributed by atoms with van der Waals surface area (Å²) in [5.74, 6) is 1.51. The fourth-order valence-corrected chi connectivity index (χ4v) is 2.71. The zero-order valence-corrected chi connectivity index (χ0v) is 13.8. The van der Waals surface area contributed by atoms with Gasteiger partial charge in [0.2, 0.25) is 5.91 Å². The molecule has 3 rings (SSSR count). The van der Waals surface area contributed by atoms with E-state index in [1.807, 2.05) is 48.7 Å². The first-order valence-electron chi connectivity index (χ1n) is 7.74. The van der Waals surface area contributed by atoms with Gasteiger partial charge in [0.25, 0.3) is 0 Å². The molecule has 1 aromatic heterocycles. The number of H-pyrrole nitrogens is 1. The Kier molecular flexibility index (Phi) is 4.70. The molecule has 2 N–H and O–H groups in total. The van der Waals surface area contributed by atoms with Crippen molar-refractivity contribution < 1.29 is 14.3 Å². The molecule has 0 aliphatic heterocycles. The van der Waals surface area contributed by atoms with Gasteiger partial charge in [-0.05, 0) is 29.8 Å². The number of nitrogens with one attached hydrogen (secondary N) is 2. The molecule has 5 nitrogen and oxygen atoms in total. The summed E-state index contributed by atoms with van der Waals surface area (Å²) in [4.78, 5) is 15.5. The molecule has 0 radical (unpaired) electrons. The van der Waals surface area contributed by atoms with Crippen LogP contribution >= 0.6 is 0 Å². The number of amides is 1. The van der Waals surface area contributed by atoms with Gasteiger partial charge in [0, 0.05) is 29.2 Å². The quantitative estimate of drug-likeness (QED) is 0.732. The maximum absolute atomic E-state index is 12.3. The number of aromatic nitrogens is 1. The van der Waals surface area contributed by atoms with Crippen LogP contribution in [0.25, 0.3) is 10.9 Å². The summed E-state index contributed by atoms with van der Waals surface area (Å²) in [6, 6.07) is 13.4. The lowest BCUT2D eigenvalue weighted by atomic mass is 10.1. The number of para-hydroxylation sites is 1. The Bertz CT molecular complexity index is 855. The van der Waals surface area contributed by atoms with Gasteiger partial charge in [-0.2, -0.15) is 0 Å². The maximum atomic E-state index is 12.3. The van der Waals surface area contributed by atoms with Crippen LogP contribution in [0.5, 0.6) is 11.5 Å². The summed E-state index contributed by atoms with van der Waals surface area (Å²) < 4.78 is 10.6. The molecule has 0 aliphatic rings. The predicted octanol–water partition coefficient (Wildman–Crippen LogP) is 3.04. The number of ether oxygens (including phenoxy) is 2. The molecule has 0 fully saturated rings. The van der Waals surface area contributed by atoms with E-state index in [1.54, 1.807) is 14.2 Å². The van der Waals surface area contributed by atoms with Gasteiger partial charge < -0.3 is 19.8 Å². The summed E-state index contributed by atoms with van der Waals surface area (Å²) >= 11 is 0. The van der Waals surface area contributed by atoms with E-state index >= 15 is 0 Å². The van der Waals surface area contributed by atoms with Crippen LogP contribution in [0, 0.1) is 0 Å². The molecule has 2 aromatic carbocycles. The van der Waals surface area contributed by atoms with Crippen molar-refractivity contribution in [2.45, 2.75) is 13.0 Å². The standard InChI is InChI=1S/C19H20N2O3/c1-23-15-7-8-17-16(10-15)14(12-20-17)9-19(22)21-11-13-5-3-4-6-18(13)24-2/h3-8,10,12,20H,9,11H2,1-2H3,(H,21,22). The van der Waals surface area contributed by atoms with Crippen molar-refractivity contribution in [2.24, 2.45) is 0 Å². The Balaban J connectivity index is 1.69. The molecule has 24 heavy (non-hydrogen) atoms. The number of benzene rings is 2. The molecule has 0 saturated carbocycles. The Hall–Kier alpha value is -2.95. The Labute approximate surface area is 140 Å². The van der Waals surface area contributed by atoms with Crippen LogP contribution in [0.15, 0.2) is 48.7 Å². The van der Waals surface area contributed by atoms with E-state index < -0.39 is 0 Å². The van der Waals surface area contributed by atoms with Crippen LogP contribution in [0.3, 0.4) is 0 Å². The number of methoxy groups -OCH3 is 2. The van der Waals surface area contributed by atoms with Crippen LogP contribution in [-0.4, -0.2) is 25.1 Å². The van der Waals surface area contributed by atoms with E-state index in [-0.39, 0.29) is 5.91 Å². The summed E-state index contributed by atoms with van der Waals surface area (Å²) in [7, 11) is 3.26. The zero-order chi connectivity index (χ0) is 16.9. The van der Waals surface area contributed by atoms with E-state index in [2.05, 4.69) is 10.3 Å². The predicted molar refractivity (Wildman–Crippen MR) is 93.4 cm³/mol. The third-order valence-electron chi connectivity index (χ3n) is 3.99. The third kappa shape index (κ3) is 3.35. The first-order chi connectivity index (χ1) is 11.7. The summed E-state index contributed by atoms with van der Waals surface area (Å²) in [6.07, 6.45) is 2.18. The van der Waals surface area contributed by atoms with Crippen molar-refractivity contribution in [3.8, 4) is 11.5 Å². The second-order valence-electron chi connectivity index (χ2n) is 5.49. The van der Waals surface area contributed by atoms with Gasteiger partial charge in [-0.3, -0.25) is 4.79 Å². The monoisotopic (exact) mass is 324 g/mol. The first-order valence-corrected chi connectivity index (χ1v) is 7.74. The van der Waals surface area contributed by atoms with Crippen molar-refractivity contribution in [1.82, 2.24) is 10.3 Å². The number of carbonyl (C=O) groups is 1. The van der Waals surface area contributed by atoms with Crippen LogP contribution in [0.1, 0.15) is 11.1 Å². The third-order valence-corrected chi connectivity index (χ3v) is 3.99. The lowest BCUT2D eigenvalue weighted by Crippen LogP contribution is -2.24. The SMILES string of the molecule is COc1ccc2[nH]cc(CC(=O)NCc3ccccc3OC)c2c1. The highest BCUT2D eigenvalue weighted by Crippen LogP contribution is 2.24. The van der Waals surface area contributed by atoms with Gasteiger partial charge in [-0.15, -0.1) is 0 Å². The minimum absolute atomic E-state index is 0.0374.